The van der Waals surface area contributed by atoms with Crippen LogP contribution in [0.4, 0.5) is 0 Å². The van der Waals surface area contributed by atoms with E-state index >= 15 is 0 Å². The molecule has 1 aromatic carbocycles. The molecule has 3 nitrogen and oxygen atoms in total. The Morgan fingerprint density at radius 2 is 1.82 bits per heavy atom. The highest BCUT2D eigenvalue weighted by atomic mass is 16.5. The van der Waals surface area contributed by atoms with Gasteiger partial charge >= 0.3 is 0 Å². The van der Waals surface area contributed by atoms with E-state index in [1.54, 1.807) is 0 Å². The Labute approximate surface area is 133 Å². The van der Waals surface area contributed by atoms with Gasteiger partial charge in [0.05, 0.1) is 17.8 Å². The van der Waals surface area contributed by atoms with Crippen LogP contribution in [0.3, 0.4) is 0 Å². The molecule has 2 rings (SSSR count). The molecule has 0 bridgehead atoms. The summed E-state index contributed by atoms with van der Waals surface area (Å²) in [6, 6.07) is 10.00. The predicted molar refractivity (Wildman–Crippen MR) is 87.5 cm³/mol. The van der Waals surface area contributed by atoms with Crippen LogP contribution in [0.2, 0.25) is 0 Å². The van der Waals surface area contributed by atoms with Crippen molar-refractivity contribution in [1.82, 2.24) is 0 Å². The van der Waals surface area contributed by atoms with Gasteiger partial charge in [-0.2, -0.15) is 0 Å². The van der Waals surface area contributed by atoms with Crippen molar-refractivity contribution in [3.63, 3.8) is 0 Å². The van der Waals surface area contributed by atoms with Crippen molar-refractivity contribution >= 4 is 5.78 Å². The van der Waals surface area contributed by atoms with Crippen molar-refractivity contribution in [3.8, 4) is 0 Å². The zero-order chi connectivity index (χ0) is 16.5. The molecule has 0 saturated heterocycles. The number of ketones is 1. The third-order valence-corrected chi connectivity index (χ3v) is 5.60. The van der Waals surface area contributed by atoms with E-state index in [0.29, 0.717) is 6.42 Å². The van der Waals surface area contributed by atoms with Crippen LogP contribution in [0.15, 0.2) is 30.3 Å². The van der Waals surface area contributed by atoms with E-state index < -0.39 is 5.60 Å². The SMILES string of the molecule is CC[C@]1(O)[C@@H](C)C(=O)[C@@H](C)[C@H](O[C@@H](C)c2ccccc2)[C@@H]1C. The van der Waals surface area contributed by atoms with E-state index in [1.165, 1.54) is 0 Å². The van der Waals surface area contributed by atoms with Gasteiger partial charge < -0.3 is 9.84 Å². The minimum absolute atomic E-state index is 0.0774. The summed E-state index contributed by atoms with van der Waals surface area (Å²) in [4.78, 5) is 12.5. The second-order valence-corrected chi connectivity index (χ2v) is 6.70. The number of carbonyl (C=O) groups is 1. The Morgan fingerprint density at radius 3 is 2.36 bits per heavy atom. The van der Waals surface area contributed by atoms with E-state index in [-0.39, 0.29) is 35.7 Å². The van der Waals surface area contributed by atoms with Crippen LogP contribution in [0.5, 0.6) is 0 Å². The number of rotatable bonds is 4. The summed E-state index contributed by atoms with van der Waals surface area (Å²) in [6.07, 6.45) is 0.204. The van der Waals surface area contributed by atoms with Crippen LogP contribution in [0.25, 0.3) is 0 Å². The molecule has 22 heavy (non-hydrogen) atoms. The highest BCUT2D eigenvalue weighted by Crippen LogP contribution is 2.43. The van der Waals surface area contributed by atoms with Crippen LogP contribution in [-0.4, -0.2) is 22.6 Å². The van der Waals surface area contributed by atoms with E-state index in [2.05, 4.69) is 0 Å². The fourth-order valence-corrected chi connectivity index (χ4v) is 3.82. The standard InChI is InChI=1S/C19H28O3/c1-6-19(21)13(3)17(20)12(2)18(14(19)4)22-15(5)16-10-8-7-9-11-16/h7-15,18,21H,6H2,1-5H3/t12-,13+,14+,15+,18+,19+/m1/s1. The van der Waals surface area contributed by atoms with Crippen molar-refractivity contribution in [3.05, 3.63) is 35.9 Å². The van der Waals surface area contributed by atoms with Gasteiger partial charge in [-0.15, -0.1) is 0 Å². The minimum atomic E-state index is -0.981. The summed E-state index contributed by atoms with van der Waals surface area (Å²) >= 11 is 0. The van der Waals surface area contributed by atoms with Gasteiger partial charge in [-0.05, 0) is 18.9 Å². The number of Topliss-reactive ketones (excluding diaryl/α,β-unsaturated/α-hetero) is 1. The number of ether oxygens (including phenoxy) is 1. The van der Waals surface area contributed by atoms with Crippen LogP contribution >= 0.6 is 0 Å². The van der Waals surface area contributed by atoms with Gasteiger partial charge in [-0.1, -0.05) is 58.0 Å². The van der Waals surface area contributed by atoms with E-state index in [9.17, 15) is 9.90 Å². The summed E-state index contributed by atoms with van der Waals surface area (Å²) in [5.41, 5.74) is 0.109. The maximum absolute atomic E-state index is 12.5. The predicted octanol–water partition coefficient (Wildman–Crippen LogP) is 3.76. The molecule has 0 heterocycles. The van der Waals surface area contributed by atoms with Crippen molar-refractivity contribution < 1.29 is 14.6 Å². The van der Waals surface area contributed by atoms with Crippen molar-refractivity contribution in [2.75, 3.05) is 0 Å². The molecule has 1 aromatic rings. The first-order valence-corrected chi connectivity index (χ1v) is 8.29. The van der Waals surface area contributed by atoms with Crippen LogP contribution in [-0.2, 0) is 9.53 Å². The molecule has 1 fully saturated rings. The molecule has 1 aliphatic carbocycles. The molecule has 6 atom stereocenters. The Kier molecular flexibility index (Phi) is 5.08. The first-order valence-electron chi connectivity index (χ1n) is 8.29. The average molecular weight is 304 g/mol. The largest absolute Gasteiger partial charge is 0.389 e. The van der Waals surface area contributed by atoms with Crippen LogP contribution in [0, 0.1) is 17.8 Å². The van der Waals surface area contributed by atoms with E-state index in [0.717, 1.165) is 5.56 Å². The highest BCUT2D eigenvalue weighted by Gasteiger charge is 2.53. The van der Waals surface area contributed by atoms with Gasteiger partial charge in [0.15, 0.2) is 0 Å². The topological polar surface area (TPSA) is 46.5 Å². The maximum atomic E-state index is 12.5. The Bertz CT molecular complexity index is 513. The van der Waals surface area contributed by atoms with Crippen molar-refractivity contribution in [2.45, 2.75) is 58.8 Å². The molecule has 122 valence electrons. The fourth-order valence-electron chi connectivity index (χ4n) is 3.82. The molecule has 0 unspecified atom stereocenters. The van der Waals surface area contributed by atoms with Crippen LogP contribution in [0.1, 0.15) is 52.7 Å². The first-order chi connectivity index (χ1) is 10.3. The molecule has 1 aliphatic rings. The lowest BCUT2D eigenvalue weighted by molar-refractivity contribution is -0.186. The number of hydrogen-bond acceptors (Lipinski definition) is 3. The Morgan fingerprint density at radius 1 is 1.23 bits per heavy atom. The third kappa shape index (κ3) is 2.84. The van der Waals surface area contributed by atoms with E-state index in [1.807, 2.05) is 65.0 Å². The summed E-state index contributed by atoms with van der Waals surface area (Å²) in [7, 11) is 0. The van der Waals surface area contributed by atoms with Gasteiger partial charge in [-0.3, -0.25) is 4.79 Å². The molecule has 0 aromatic heterocycles. The summed E-state index contributed by atoms with van der Waals surface area (Å²) < 4.78 is 6.24. The lowest BCUT2D eigenvalue weighted by Crippen LogP contribution is -2.59. The number of benzene rings is 1. The molecule has 0 aliphatic heterocycles. The molecule has 1 N–H and O–H groups in total. The van der Waals surface area contributed by atoms with Gasteiger partial charge in [0, 0.05) is 17.8 Å². The Balaban J connectivity index is 2.23. The van der Waals surface area contributed by atoms with E-state index in [4.69, 9.17) is 4.74 Å². The van der Waals surface area contributed by atoms with Crippen molar-refractivity contribution in [2.24, 2.45) is 17.8 Å². The van der Waals surface area contributed by atoms with Gasteiger partial charge in [0.2, 0.25) is 0 Å². The third-order valence-electron chi connectivity index (χ3n) is 5.60. The lowest BCUT2D eigenvalue weighted by Gasteiger charge is -2.49. The smallest absolute Gasteiger partial charge is 0.143 e. The molecular weight excluding hydrogens is 276 g/mol. The fraction of sp³-hybridized carbons (Fsp3) is 0.632. The first kappa shape index (κ1) is 17.2. The summed E-state index contributed by atoms with van der Waals surface area (Å²) in [5, 5.41) is 11.0. The maximum Gasteiger partial charge on any atom is 0.143 e. The molecule has 1 saturated carbocycles. The molecule has 0 radical (unpaired) electrons. The second kappa shape index (κ2) is 6.51. The summed E-state index contributed by atoms with van der Waals surface area (Å²) in [5.74, 6) is -0.503. The molecule has 3 heteroatoms. The van der Waals surface area contributed by atoms with Crippen molar-refractivity contribution in [1.29, 1.82) is 0 Å². The van der Waals surface area contributed by atoms with Gasteiger partial charge in [0.25, 0.3) is 0 Å². The normalized spacial score (nSPS) is 37.1. The number of aliphatic hydroxyl groups is 1. The minimum Gasteiger partial charge on any atom is -0.389 e. The molecular formula is C19H28O3. The van der Waals surface area contributed by atoms with Gasteiger partial charge in [-0.25, -0.2) is 0 Å². The monoisotopic (exact) mass is 304 g/mol. The molecule has 0 amide bonds. The zero-order valence-electron chi connectivity index (χ0n) is 14.2. The summed E-state index contributed by atoms with van der Waals surface area (Å²) in [6.45, 7) is 9.71. The molecule has 0 spiro atoms. The van der Waals surface area contributed by atoms with Gasteiger partial charge in [0.1, 0.15) is 5.78 Å². The average Bonchev–Trinajstić information content (AvgIpc) is 2.55. The lowest BCUT2D eigenvalue weighted by atomic mass is 9.63. The second-order valence-electron chi connectivity index (χ2n) is 6.70. The number of carbonyl (C=O) groups excluding carboxylic acids is 1. The zero-order valence-corrected chi connectivity index (χ0v) is 14.2. The quantitative estimate of drug-likeness (QED) is 0.921. The highest BCUT2D eigenvalue weighted by molar-refractivity contribution is 5.85. The Hall–Kier alpha value is -1.19. The number of hydrogen-bond donors (Lipinski definition) is 1. The van der Waals surface area contributed by atoms with Crippen LogP contribution < -0.4 is 0 Å².